The summed E-state index contributed by atoms with van der Waals surface area (Å²) in [5, 5.41) is 8.84. The van der Waals surface area contributed by atoms with Crippen LogP contribution in [0, 0.1) is 17.6 Å². The molecule has 0 saturated carbocycles. The molecule has 1 fully saturated rings. The highest BCUT2D eigenvalue weighted by atomic mass is 19.1. The van der Waals surface area contributed by atoms with E-state index < -0.39 is 17.6 Å². The molecule has 23 heavy (non-hydrogen) atoms. The molecule has 1 saturated heterocycles. The van der Waals surface area contributed by atoms with Gasteiger partial charge in [-0.2, -0.15) is 0 Å². The van der Waals surface area contributed by atoms with Gasteiger partial charge < -0.3 is 10.0 Å². The normalized spacial score (nSPS) is 18.0. The number of carboxylic acid groups (broad SMARTS) is 1. The van der Waals surface area contributed by atoms with E-state index in [2.05, 4.69) is 0 Å². The van der Waals surface area contributed by atoms with Gasteiger partial charge in [0, 0.05) is 25.9 Å². The summed E-state index contributed by atoms with van der Waals surface area (Å²) in [6.07, 6.45) is 2.72. The minimum Gasteiger partial charge on any atom is -0.481 e. The van der Waals surface area contributed by atoms with Gasteiger partial charge in [-0.05, 0) is 55.4 Å². The van der Waals surface area contributed by atoms with Crippen LogP contribution in [0.15, 0.2) is 18.2 Å². The standard InChI is InChI=1S/C17H21F2NO3/c18-14-6-7-15(19)13(10-14)4-1-5-16(21)20-8-2-3-12(11-20)9-17(22)23/h6-7,10,12H,1-5,8-9,11H2,(H,22,23)/t12-/m1/s1. The van der Waals surface area contributed by atoms with Crippen LogP contribution in [0.3, 0.4) is 0 Å². The maximum absolute atomic E-state index is 13.5. The Balaban J connectivity index is 1.80. The van der Waals surface area contributed by atoms with Gasteiger partial charge in [-0.15, -0.1) is 0 Å². The van der Waals surface area contributed by atoms with Crippen LogP contribution in [-0.4, -0.2) is 35.0 Å². The molecule has 1 aliphatic heterocycles. The second-order valence-corrected chi connectivity index (χ2v) is 6.04. The molecular formula is C17H21F2NO3. The number of piperidine rings is 1. The zero-order valence-electron chi connectivity index (χ0n) is 12.9. The zero-order valence-corrected chi connectivity index (χ0v) is 12.9. The number of halogens is 2. The number of hydrogen-bond acceptors (Lipinski definition) is 2. The topological polar surface area (TPSA) is 57.6 Å². The highest BCUT2D eigenvalue weighted by molar-refractivity contribution is 5.76. The number of amides is 1. The molecule has 0 bridgehead atoms. The van der Waals surface area contributed by atoms with Crippen molar-refractivity contribution in [2.24, 2.45) is 5.92 Å². The van der Waals surface area contributed by atoms with E-state index in [1.807, 2.05) is 0 Å². The molecule has 0 spiro atoms. The molecule has 4 nitrogen and oxygen atoms in total. The number of likely N-dealkylation sites (tertiary alicyclic amines) is 1. The average Bonchev–Trinajstić information content (AvgIpc) is 2.50. The molecule has 1 N–H and O–H groups in total. The predicted molar refractivity (Wildman–Crippen MR) is 80.9 cm³/mol. The molecule has 6 heteroatoms. The van der Waals surface area contributed by atoms with Crippen LogP contribution < -0.4 is 0 Å². The Kier molecular flexibility index (Phi) is 6.07. The Labute approximate surface area is 134 Å². The first-order chi connectivity index (χ1) is 11.0. The molecule has 0 unspecified atom stereocenters. The molecule has 126 valence electrons. The lowest BCUT2D eigenvalue weighted by molar-refractivity contribution is -0.140. The van der Waals surface area contributed by atoms with E-state index in [0.717, 1.165) is 31.0 Å². The summed E-state index contributed by atoms with van der Waals surface area (Å²) in [7, 11) is 0. The van der Waals surface area contributed by atoms with E-state index >= 15 is 0 Å². The van der Waals surface area contributed by atoms with Crippen molar-refractivity contribution in [3.8, 4) is 0 Å². The lowest BCUT2D eigenvalue weighted by Crippen LogP contribution is -2.40. The maximum atomic E-state index is 13.5. The van der Waals surface area contributed by atoms with E-state index in [4.69, 9.17) is 5.11 Å². The van der Waals surface area contributed by atoms with Crippen LogP contribution in [0.2, 0.25) is 0 Å². The number of aliphatic carboxylic acids is 1. The molecule has 0 radical (unpaired) electrons. The number of benzene rings is 1. The third-order valence-electron chi connectivity index (χ3n) is 4.18. The van der Waals surface area contributed by atoms with Crippen LogP contribution >= 0.6 is 0 Å². The maximum Gasteiger partial charge on any atom is 0.303 e. The Morgan fingerprint density at radius 1 is 1.30 bits per heavy atom. The Morgan fingerprint density at radius 3 is 2.83 bits per heavy atom. The summed E-state index contributed by atoms with van der Waals surface area (Å²) in [6.45, 7) is 1.11. The number of carboxylic acids is 1. The summed E-state index contributed by atoms with van der Waals surface area (Å²) < 4.78 is 26.6. The van der Waals surface area contributed by atoms with Crippen molar-refractivity contribution in [2.75, 3.05) is 13.1 Å². The van der Waals surface area contributed by atoms with Gasteiger partial charge in [0.2, 0.25) is 5.91 Å². The van der Waals surface area contributed by atoms with Gasteiger partial charge in [0.25, 0.3) is 0 Å². The Bertz CT molecular complexity index is 577. The number of hydrogen-bond donors (Lipinski definition) is 1. The van der Waals surface area contributed by atoms with Gasteiger partial charge in [0.05, 0.1) is 0 Å². The number of aryl methyl sites for hydroxylation is 1. The molecular weight excluding hydrogens is 304 g/mol. The fraction of sp³-hybridized carbons (Fsp3) is 0.529. The van der Waals surface area contributed by atoms with E-state index in [-0.39, 0.29) is 30.2 Å². The predicted octanol–water partition coefficient (Wildman–Crippen LogP) is 3.00. The fourth-order valence-electron chi connectivity index (χ4n) is 3.03. The number of nitrogens with zero attached hydrogens (tertiary/aromatic N) is 1. The second kappa shape index (κ2) is 8.04. The van der Waals surface area contributed by atoms with Crippen molar-refractivity contribution in [3.63, 3.8) is 0 Å². The smallest absolute Gasteiger partial charge is 0.303 e. The monoisotopic (exact) mass is 325 g/mol. The Hall–Kier alpha value is -1.98. The summed E-state index contributed by atoms with van der Waals surface area (Å²) in [6, 6.07) is 3.32. The van der Waals surface area contributed by atoms with Crippen molar-refractivity contribution in [1.29, 1.82) is 0 Å². The lowest BCUT2D eigenvalue weighted by atomic mass is 9.94. The first kappa shape index (κ1) is 17.4. The first-order valence-electron chi connectivity index (χ1n) is 7.89. The van der Waals surface area contributed by atoms with Gasteiger partial charge in [0.1, 0.15) is 11.6 Å². The second-order valence-electron chi connectivity index (χ2n) is 6.04. The zero-order chi connectivity index (χ0) is 16.8. The SMILES string of the molecule is O=C(O)C[C@H]1CCCN(C(=O)CCCc2cc(F)ccc2F)C1. The van der Waals surface area contributed by atoms with Gasteiger partial charge in [-0.3, -0.25) is 9.59 Å². The molecule has 1 amide bonds. The molecule has 1 aliphatic rings. The van der Waals surface area contributed by atoms with Crippen molar-refractivity contribution in [3.05, 3.63) is 35.4 Å². The molecule has 1 atom stereocenters. The molecule has 2 rings (SSSR count). The Morgan fingerprint density at radius 2 is 2.09 bits per heavy atom. The van der Waals surface area contributed by atoms with Crippen LogP contribution in [0.4, 0.5) is 8.78 Å². The van der Waals surface area contributed by atoms with Crippen molar-refractivity contribution in [1.82, 2.24) is 4.90 Å². The van der Waals surface area contributed by atoms with Crippen LogP contribution in [0.5, 0.6) is 0 Å². The highest BCUT2D eigenvalue weighted by Gasteiger charge is 2.24. The van der Waals surface area contributed by atoms with E-state index in [1.165, 1.54) is 0 Å². The molecule has 0 aromatic heterocycles. The van der Waals surface area contributed by atoms with Gasteiger partial charge in [-0.1, -0.05) is 0 Å². The minimum atomic E-state index is -0.842. The van der Waals surface area contributed by atoms with Crippen LogP contribution in [0.25, 0.3) is 0 Å². The lowest BCUT2D eigenvalue weighted by Gasteiger charge is -2.32. The summed E-state index contributed by atoms with van der Waals surface area (Å²) in [4.78, 5) is 24.6. The van der Waals surface area contributed by atoms with Gasteiger partial charge >= 0.3 is 5.97 Å². The molecule has 1 aromatic rings. The van der Waals surface area contributed by atoms with Crippen molar-refractivity contribution in [2.45, 2.75) is 38.5 Å². The van der Waals surface area contributed by atoms with E-state index in [1.54, 1.807) is 4.90 Å². The van der Waals surface area contributed by atoms with E-state index in [9.17, 15) is 18.4 Å². The summed E-state index contributed by atoms with van der Waals surface area (Å²) in [5.74, 6) is -1.83. The van der Waals surface area contributed by atoms with Crippen LogP contribution in [-0.2, 0) is 16.0 Å². The molecule has 0 aliphatic carbocycles. The number of rotatable bonds is 6. The van der Waals surface area contributed by atoms with Gasteiger partial charge in [-0.25, -0.2) is 8.78 Å². The third-order valence-corrected chi connectivity index (χ3v) is 4.18. The fourth-order valence-corrected chi connectivity index (χ4v) is 3.03. The highest BCUT2D eigenvalue weighted by Crippen LogP contribution is 2.21. The quantitative estimate of drug-likeness (QED) is 0.875. The third kappa shape index (κ3) is 5.30. The summed E-state index contributed by atoms with van der Waals surface area (Å²) in [5.41, 5.74) is 0.278. The number of carbonyl (C=O) groups excluding carboxylic acids is 1. The minimum absolute atomic E-state index is 0.00543. The average molecular weight is 325 g/mol. The largest absolute Gasteiger partial charge is 0.481 e. The van der Waals surface area contributed by atoms with E-state index in [0.29, 0.717) is 25.9 Å². The first-order valence-corrected chi connectivity index (χ1v) is 7.89. The van der Waals surface area contributed by atoms with Crippen LogP contribution in [0.1, 0.15) is 37.7 Å². The number of carbonyl (C=O) groups is 2. The van der Waals surface area contributed by atoms with Gasteiger partial charge in [0.15, 0.2) is 0 Å². The van der Waals surface area contributed by atoms with Crippen molar-refractivity contribution >= 4 is 11.9 Å². The molecule has 1 aromatic carbocycles. The van der Waals surface area contributed by atoms with Crippen molar-refractivity contribution < 1.29 is 23.5 Å². The summed E-state index contributed by atoms with van der Waals surface area (Å²) >= 11 is 0. The molecule has 1 heterocycles.